The first-order valence-electron chi connectivity index (χ1n) is 7.39. The minimum atomic E-state index is -1.08. The lowest BCUT2D eigenvalue weighted by atomic mass is 9.95. The van der Waals surface area contributed by atoms with Crippen LogP contribution in [0.2, 0.25) is 0 Å². The number of nitrogens with zero attached hydrogens (tertiary/aromatic N) is 3. The highest BCUT2D eigenvalue weighted by Gasteiger charge is 2.23. The molecule has 0 spiro atoms. The molecule has 1 aromatic heterocycles. The average molecular weight is 346 g/mol. The van der Waals surface area contributed by atoms with E-state index in [9.17, 15) is 9.90 Å². The lowest BCUT2D eigenvalue weighted by molar-refractivity contribution is 0.0690. The SMILES string of the molecule is COc1cccc(-n2nc(C(=O)O)cc2C2=CC(Cl)=NCC2C)c1. The zero-order valence-electron chi connectivity index (χ0n) is 13.2. The Labute approximate surface area is 144 Å². The second-order valence-electron chi connectivity index (χ2n) is 5.50. The number of allylic oxidation sites excluding steroid dienone is 1. The summed E-state index contributed by atoms with van der Waals surface area (Å²) < 4.78 is 6.84. The third kappa shape index (κ3) is 3.05. The van der Waals surface area contributed by atoms with Gasteiger partial charge in [0.15, 0.2) is 5.69 Å². The standard InChI is InChI=1S/C17H16ClN3O3/c1-10-9-19-16(18)7-13(10)15-8-14(17(22)23)20-21(15)11-4-3-5-12(6-11)24-2/h3-8,10H,9H2,1-2H3,(H,22,23). The van der Waals surface area contributed by atoms with Crippen LogP contribution in [0.15, 0.2) is 41.4 Å². The van der Waals surface area contributed by atoms with Gasteiger partial charge in [-0.1, -0.05) is 24.6 Å². The summed E-state index contributed by atoms with van der Waals surface area (Å²) in [7, 11) is 1.58. The molecule has 2 heterocycles. The first kappa shape index (κ1) is 16.3. The molecule has 1 N–H and O–H groups in total. The van der Waals surface area contributed by atoms with E-state index in [1.165, 1.54) is 0 Å². The predicted molar refractivity (Wildman–Crippen MR) is 92.4 cm³/mol. The summed E-state index contributed by atoms with van der Waals surface area (Å²) in [5.41, 5.74) is 2.27. The number of rotatable bonds is 4. The lowest BCUT2D eigenvalue weighted by Gasteiger charge is -2.19. The molecule has 0 saturated heterocycles. The maximum atomic E-state index is 11.4. The molecule has 0 fully saturated rings. The molecule has 1 unspecified atom stereocenters. The molecule has 124 valence electrons. The van der Waals surface area contributed by atoms with Crippen LogP contribution >= 0.6 is 11.6 Å². The molecule has 0 bridgehead atoms. The van der Waals surface area contributed by atoms with Crippen molar-refractivity contribution in [3.8, 4) is 11.4 Å². The van der Waals surface area contributed by atoms with Crippen molar-refractivity contribution >= 4 is 28.3 Å². The quantitative estimate of drug-likeness (QED) is 0.922. The Bertz CT molecular complexity index is 855. The van der Waals surface area contributed by atoms with Crippen LogP contribution in [0, 0.1) is 5.92 Å². The minimum absolute atomic E-state index is 0.0282. The van der Waals surface area contributed by atoms with E-state index in [0.29, 0.717) is 28.8 Å². The third-order valence-electron chi connectivity index (χ3n) is 3.84. The van der Waals surface area contributed by atoms with Crippen molar-refractivity contribution in [2.45, 2.75) is 6.92 Å². The van der Waals surface area contributed by atoms with Crippen molar-refractivity contribution < 1.29 is 14.6 Å². The molecule has 1 aliphatic rings. The summed E-state index contributed by atoms with van der Waals surface area (Å²) in [6.07, 6.45) is 1.76. The molecular weight excluding hydrogens is 330 g/mol. The molecule has 7 heteroatoms. The van der Waals surface area contributed by atoms with Gasteiger partial charge in [0.25, 0.3) is 0 Å². The molecule has 24 heavy (non-hydrogen) atoms. The van der Waals surface area contributed by atoms with Crippen LogP contribution in [-0.2, 0) is 0 Å². The molecule has 1 atom stereocenters. The lowest BCUT2D eigenvalue weighted by Crippen LogP contribution is -2.13. The van der Waals surface area contributed by atoms with Crippen molar-refractivity contribution in [3.63, 3.8) is 0 Å². The number of aromatic carboxylic acids is 1. The van der Waals surface area contributed by atoms with Gasteiger partial charge < -0.3 is 9.84 Å². The molecule has 3 rings (SSSR count). The van der Waals surface area contributed by atoms with Crippen molar-refractivity contribution in [1.82, 2.24) is 9.78 Å². The summed E-state index contributed by atoms with van der Waals surface area (Å²) in [6, 6.07) is 8.84. The molecule has 0 amide bonds. The number of halogens is 1. The van der Waals surface area contributed by atoms with E-state index < -0.39 is 5.97 Å². The molecular formula is C17H16ClN3O3. The van der Waals surface area contributed by atoms with Gasteiger partial charge in [-0.05, 0) is 29.8 Å². The van der Waals surface area contributed by atoms with Crippen molar-refractivity contribution in [3.05, 3.63) is 47.8 Å². The second-order valence-corrected chi connectivity index (χ2v) is 5.88. The topological polar surface area (TPSA) is 76.7 Å². The Kier molecular flexibility index (Phi) is 4.40. The van der Waals surface area contributed by atoms with E-state index in [0.717, 1.165) is 5.57 Å². The van der Waals surface area contributed by atoms with Crippen LogP contribution in [0.3, 0.4) is 0 Å². The highest BCUT2D eigenvalue weighted by molar-refractivity contribution is 6.69. The Morgan fingerprint density at radius 1 is 1.42 bits per heavy atom. The summed E-state index contributed by atoms with van der Waals surface area (Å²) in [5.74, 6) is -0.312. The maximum absolute atomic E-state index is 11.4. The Hall–Kier alpha value is -2.60. The highest BCUT2D eigenvalue weighted by Crippen LogP contribution is 2.30. The van der Waals surface area contributed by atoms with Crippen LogP contribution in [-0.4, -0.2) is 39.7 Å². The molecule has 2 aromatic rings. The number of methoxy groups -OCH3 is 1. The number of carboxylic acid groups (broad SMARTS) is 1. The summed E-state index contributed by atoms with van der Waals surface area (Å²) in [4.78, 5) is 15.6. The molecule has 6 nitrogen and oxygen atoms in total. The Balaban J connectivity index is 2.18. The summed E-state index contributed by atoms with van der Waals surface area (Å²) in [6.45, 7) is 2.57. The number of benzene rings is 1. The van der Waals surface area contributed by atoms with Gasteiger partial charge in [-0.15, -0.1) is 0 Å². The maximum Gasteiger partial charge on any atom is 0.356 e. The molecule has 0 saturated carbocycles. The van der Waals surface area contributed by atoms with Crippen LogP contribution in [0.25, 0.3) is 11.3 Å². The highest BCUT2D eigenvalue weighted by atomic mass is 35.5. The van der Waals surface area contributed by atoms with Gasteiger partial charge in [-0.2, -0.15) is 5.10 Å². The second kappa shape index (κ2) is 6.49. The van der Waals surface area contributed by atoms with Gasteiger partial charge in [0.2, 0.25) is 0 Å². The summed E-state index contributed by atoms with van der Waals surface area (Å²) in [5, 5.41) is 13.9. The van der Waals surface area contributed by atoms with Crippen LogP contribution < -0.4 is 4.74 Å². The normalized spacial score (nSPS) is 17.2. The van der Waals surface area contributed by atoms with Crippen molar-refractivity contribution in [1.29, 1.82) is 0 Å². The predicted octanol–water partition coefficient (Wildman–Crippen LogP) is 3.25. The van der Waals surface area contributed by atoms with Gasteiger partial charge in [-0.3, -0.25) is 4.99 Å². The van der Waals surface area contributed by atoms with Crippen molar-refractivity contribution in [2.75, 3.05) is 13.7 Å². The van der Waals surface area contributed by atoms with Gasteiger partial charge in [-0.25, -0.2) is 9.48 Å². The van der Waals surface area contributed by atoms with Gasteiger partial charge >= 0.3 is 5.97 Å². The van der Waals surface area contributed by atoms with E-state index in [-0.39, 0.29) is 11.6 Å². The van der Waals surface area contributed by atoms with Crippen LogP contribution in [0.4, 0.5) is 0 Å². The number of hydrogen-bond donors (Lipinski definition) is 1. The fraction of sp³-hybridized carbons (Fsp3) is 0.235. The van der Waals surface area contributed by atoms with Gasteiger partial charge in [0.1, 0.15) is 10.9 Å². The first-order chi connectivity index (χ1) is 11.5. The number of dihydropyridines is 1. The van der Waals surface area contributed by atoms with Crippen molar-refractivity contribution in [2.24, 2.45) is 10.9 Å². The fourth-order valence-corrected chi connectivity index (χ4v) is 2.78. The number of aliphatic imine (C=N–C) groups is 1. The average Bonchev–Trinajstić information content (AvgIpc) is 3.02. The largest absolute Gasteiger partial charge is 0.497 e. The number of hydrogen-bond acceptors (Lipinski definition) is 4. The Morgan fingerprint density at radius 2 is 2.21 bits per heavy atom. The number of carboxylic acids is 1. The first-order valence-corrected chi connectivity index (χ1v) is 7.77. The molecule has 1 aliphatic heterocycles. The summed E-state index contributed by atoms with van der Waals surface area (Å²) >= 11 is 6.05. The monoisotopic (exact) mass is 345 g/mol. The zero-order chi connectivity index (χ0) is 17.3. The minimum Gasteiger partial charge on any atom is -0.497 e. The molecule has 0 aliphatic carbocycles. The van der Waals surface area contributed by atoms with Gasteiger partial charge in [0, 0.05) is 18.5 Å². The number of aromatic nitrogens is 2. The third-order valence-corrected chi connectivity index (χ3v) is 4.07. The number of carbonyl (C=O) groups is 1. The Morgan fingerprint density at radius 3 is 2.92 bits per heavy atom. The van der Waals surface area contributed by atoms with Gasteiger partial charge in [0.05, 0.1) is 18.5 Å². The van der Waals surface area contributed by atoms with E-state index in [4.69, 9.17) is 16.3 Å². The van der Waals surface area contributed by atoms with Crippen LogP contribution in [0.5, 0.6) is 5.75 Å². The zero-order valence-corrected chi connectivity index (χ0v) is 14.0. The van der Waals surface area contributed by atoms with E-state index >= 15 is 0 Å². The van der Waals surface area contributed by atoms with E-state index in [2.05, 4.69) is 10.1 Å². The molecule has 0 radical (unpaired) electrons. The smallest absolute Gasteiger partial charge is 0.356 e. The van der Waals surface area contributed by atoms with E-state index in [1.54, 1.807) is 30.0 Å². The van der Waals surface area contributed by atoms with Crippen LogP contribution in [0.1, 0.15) is 23.1 Å². The fourth-order valence-electron chi connectivity index (χ4n) is 2.60. The molecule has 1 aromatic carbocycles. The van der Waals surface area contributed by atoms with E-state index in [1.807, 2.05) is 25.1 Å². The number of ether oxygens (including phenoxy) is 1.